The molecular formula is C12H23NO3. The van der Waals surface area contributed by atoms with Crippen LogP contribution in [-0.4, -0.2) is 39.9 Å². The number of carboxylic acid groups (broad SMARTS) is 1. The second-order valence-electron chi connectivity index (χ2n) is 5.19. The summed E-state index contributed by atoms with van der Waals surface area (Å²) in [7, 11) is 0. The van der Waals surface area contributed by atoms with Crippen LogP contribution in [0.4, 0.5) is 4.79 Å². The van der Waals surface area contributed by atoms with Gasteiger partial charge in [0.15, 0.2) is 0 Å². The maximum absolute atomic E-state index is 11.3. The molecule has 1 aliphatic rings. The molecule has 0 aliphatic carbocycles. The highest BCUT2D eigenvalue weighted by atomic mass is 16.4. The largest absolute Gasteiger partial charge is 0.465 e. The highest BCUT2D eigenvalue weighted by Crippen LogP contribution is 2.36. The molecule has 4 nitrogen and oxygen atoms in total. The van der Waals surface area contributed by atoms with Crippen molar-refractivity contribution in [1.82, 2.24) is 4.90 Å². The van der Waals surface area contributed by atoms with Crippen LogP contribution in [0.3, 0.4) is 0 Å². The van der Waals surface area contributed by atoms with Crippen molar-refractivity contribution in [1.29, 1.82) is 0 Å². The van der Waals surface area contributed by atoms with E-state index in [9.17, 15) is 15.0 Å². The Bertz CT molecular complexity index is 238. The Labute approximate surface area is 97.3 Å². The third-order valence-electron chi connectivity index (χ3n) is 3.44. The maximum Gasteiger partial charge on any atom is 0.407 e. The Balaban J connectivity index is 2.88. The summed E-state index contributed by atoms with van der Waals surface area (Å²) in [6.45, 7) is 4.89. The minimum atomic E-state index is -0.839. The first-order valence-electron chi connectivity index (χ1n) is 6.13. The molecule has 0 spiro atoms. The number of carbonyl (C=O) groups is 1. The van der Waals surface area contributed by atoms with Crippen molar-refractivity contribution >= 4 is 6.09 Å². The summed E-state index contributed by atoms with van der Waals surface area (Å²) >= 11 is 0. The van der Waals surface area contributed by atoms with E-state index in [4.69, 9.17) is 0 Å². The van der Waals surface area contributed by atoms with Crippen LogP contribution in [0.1, 0.15) is 46.0 Å². The molecule has 1 saturated heterocycles. The zero-order valence-electron chi connectivity index (χ0n) is 10.3. The lowest BCUT2D eigenvalue weighted by Gasteiger charge is -2.46. The highest BCUT2D eigenvalue weighted by molar-refractivity contribution is 5.66. The summed E-state index contributed by atoms with van der Waals surface area (Å²) in [6, 6.07) is 0. The summed E-state index contributed by atoms with van der Waals surface area (Å²) in [4.78, 5) is 12.8. The fourth-order valence-corrected chi connectivity index (χ4v) is 2.94. The van der Waals surface area contributed by atoms with Gasteiger partial charge in [0.2, 0.25) is 0 Å². The molecule has 94 valence electrons. The minimum absolute atomic E-state index is 0.0660. The van der Waals surface area contributed by atoms with Crippen LogP contribution >= 0.6 is 0 Å². The molecule has 1 amide bonds. The molecule has 1 atom stereocenters. The van der Waals surface area contributed by atoms with E-state index in [0.29, 0.717) is 18.9 Å². The molecule has 0 aromatic heterocycles. The molecule has 4 heteroatoms. The van der Waals surface area contributed by atoms with E-state index in [1.54, 1.807) is 4.90 Å². The number of piperidine rings is 1. The van der Waals surface area contributed by atoms with Gasteiger partial charge in [-0.05, 0) is 38.0 Å². The average molecular weight is 229 g/mol. The van der Waals surface area contributed by atoms with E-state index >= 15 is 0 Å². The zero-order valence-corrected chi connectivity index (χ0v) is 10.3. The topological polar surface area (TPSA) is 60.8 Å². The van der Waals surface area contributed by atoms with Gasteiger partial charge in [0, 0.05) is 18.7 Å². The monoisotopic (exact) mass is 229 g/mol. The van der Waals surface area contributed by atoms with Crippen LogP contribution in [0, 0.1) is 5.92 Å². The lowest BCUT2D eigenvalue weighted by atomic mass is 9.78. The molecular weight excluding hydrogens is 206 g/mol. The Hall–Kier alpha value is -0.770. The summed E-state index contributed by atoms with van der Waals surface area (Å²) in [5, 5.41) is 18.4. The van der Waals surface area contributed by atoms with E-state index in [2.05, 4.69) is 13.8 Å². The minimum Gasteiger partial charge on any atom is -0.465 e. The number of aliphatic hydroxyl groups excluding tert-OH is 1. The van der Waals surface area contributed by atoms with Crippen molar-refractivity contribution in [3.05, 3.63) is 0 Å². The maximum atomic E-state index is 11.3. The van der Waals surface area contributed by atoms with Gasteiger partial charge in [-0.2, -0.15) is 0 Å². The molecule has 2 N–H and O–H groups in total. The molecule has 0 bridgehead atoms. The van der Waals surface area contributed by atoms with Crippen LogP contribution in [-0.2, 0) is 0 Å². The third-order valence-corrected chi connectivity index (χ3v) is 3.44. The number of aliphatic hydroxyl groups is 1. The van der Waals surface area contributed by atoms with E-state index in [0.717, 1.165) is 25.7 Å². The first kappa shape index (κ1) is 13.3. The number of nitrogens with zero attached hydrogens (tertiary/aromatic N) is 1. The zero-order chi connectivity index (χ0) is 12.2. The quantitative estimate of drug-likeness (QED) is 0.777. The second kappa shape index (κ2) is 5.53. The Kier molecular flexibility index (Phi) is 4.59. The van der Waals surface area contributed by atoms with E-state index in [1.165, 1.54) is 0 Å². The van der Waals surface area contributed by atoms with Crippen molar-refractivity contribution in [2.45, 2.75) is 51.5 Å². The van der Waals surface area contributed by atoms with Crippen LogP contribution in [0.15, 0.2) is 0 Å². The van der Waals surface area contributed by atoms with E-state index in [-0.39, 0.29) is 12.1 Å². The normalized spacial score (nSPS) is 26.1. The molecule has 1 heterocycles. The van der Waals surface area contributed by atoms with Crippen LogP contribution in [0.5, 0.6) is 0 Å². The fraction of sp³-hybridized carbons (Fsp3) is 0.917. The predicted octanol–water partition coefficient (Wildman–Crippen LogP) is 2.32. The molecule has 0 aromatic carbocycles. The fourth-order valence-electron chi connectivity index (χ4n) is 2.94. The van der Waals surface area contributed by atoms with Crippen molar-refractivity contribution in [3.63, 3.8) is 0 Å². The third kappa shape index (κ3) is 2.88. The molecule has 0 radical (unpaired) electrons. The van der Waals surface area contributed by atoms with Gasteiger partial charge >= 0.3 is 6.09 Å². The molecule has 1 rings (SSSR count). The van der Waals surface area contributed by atoms with Crippen LogP contribution in [0.2, 0.25) is 0 Å². The van der Waals surface area contributed by atoms with Crippen molar-refractivity contribution in [2.75, 3.05) is 13.2 Å². The molecule has 1 unspecified atom stereocenters. The lowest BCUT2D eigenvalue weighted by Crippen LogP contribution is -2.55. The van der Waals surface area contributed by atoms with Crippen LogP contribution < -0.4 is 0 Å². The summed E-state index contributed by atoms with van der Waals surface area (Å²) in [5.74, 6) is 0.450. The van der Waals surface area contributed by atoms with Gasteiger partial charge in [0.05, 0.1) is 0 Å². The number of rotatable bonds is 4. The van der Waals surface area contributed by atoms with Gasteiger partial charge in [0.25, 0.3) is 0 Å². The number of hydrogen-bond donors (Lipinski definition) is 2. The molecule has 16 heavy (non-hydrogen) atoms. The Morgan fingerprint density at radius 1 is 1.44 bits per heavy atom. The van der Waals surface area contributed by atoms with E-state index in [1.807, 2.05) is 0 Å². The first-order valence-corrected chi connectivity index (χ1v) is 6.13. The summed E-state index contributed by atoms with van der Waals surface area (Å²) in [5.41, 5.74) is -0.326. The standard InChI is InChI=1S/C12H23NO3/c1-10(2)9-12(6-8-14)5-3-4-7-13(12)11(15)16/h10,14H,3-9H2,1-2H3,(H,15,16). The number of amides is 1. The summed E-state index contributed by atoms with van der Waals surface area (Å²) in [6.07, 6.45) is 3.47. The molecule has 0 saturated carbocycles. The summed E-state index contributed by atoms with van der Waals surface area (Å²) < 4.78 is 0. The first-order chi connectivity index (χ1) is 7.52. The molecule has 0 aromatic rings. The van der Waals surface area contributed by atoms with Crippen LogP contribution in [0.25, 0.3) is 0 Å². The van der Waals surface area contributed by atoms with Gasteiger partial charge in [-0.25, -0.2) is 4.79 Å². The Morgan fingerprint density at radius 3 is 2.62 bits per heavy atom. The molecule has 1 fully saturated rings. The lowest BCUT2D eigenvalue weighted by molar-refractivity contribution is 0.0174. The predicted molar refractivity (Wildman–Crippen MR) is 62.5 cm³/mol. The van der Waals surface area contributed by atoms with E-state index < -0.39 is 6.09 Å². The van der Waals surface area contributed by atoms with Gasteiger partial charge < -0.3 is 15.1 Å². The SMILES string of the molecule is CC(C)CC1(CCO)CCCCN1C(=O)O. The Morgan fingerprint density at radius 2 is 2.12 bits per heavy atom. The van der Waals surface area contributed by atoms with Crippen molar-refractivity contribution < 1.29 is 15.0 Å². The highest BCUT2D eigenvalue weighted by Gasteiger charge is 2.41. The van der Waals surface area contributed by atoms with Crippen molar-refractivity contribution in [2.24, 2.45) is 5.92 Å². The van der Waals surface area contributed by atoms with Gasteiger partial charge in [-0.1, -0.05) is 13.8 Å². The average Bonchev–Trinajstić information content (AvgIpc) is 2.16. The second-order valence-corrected chi connectivity index (χ2v) is 5.19. The number of hydrogen-bond acceptors (Lipinski definition) is 2. The number of likely N-dealkylation sites (tertiary alicyclic amines) is 1. The molecule has 1 aliphatic heterocycles. The van der Waals surface area contributed by atoms with Gasteiger partial charge in [-0.3, -0.25) is 0 Å². The van der Waals surface area contributed by atoms with Gasteiger partial charge in [0.1, 0.15) is 0 Å². The van der Waals surface area contributed by atoms with Gasteiger partial charge in [-0.15, -0.1) is 0 Å². The van der Waals surface area contributed by atoms with Crippen molar-refractivity contribution in [3.8, 4) is 0 Å². The smallest absolute Gasteiger partial charge is 0.407 e.